The topological polar surface area (TPSA) is 95.9 Å². The second-order valence-corrected chi connectivity index (χ2v) is 7.03. The fourth-order valence-corrected chi connectivity index (χ4v) is 3.27. The summed E-state index contributed by atoms with van der Waals surface area (Å²) in [6.07, 6.45) is 1.42. The summed E-state index contributed by atoms with van der Waals surface area (Å²) in [5.41, 5.74) is 3.26. The van der Waals surface area contributed by atoms with Crippen molar-refractivity contribution in [2.45, 2.75) is 39.2 Å². The molecule has 0 radical (unpaired) electrons. The van der Waals surface area contributed by atoms with Gasteiger partial charge in [0.25, 0.3) is 0 Å². The lowest BCUT2D eigenvalue weighted by molar-refractivity contribution is -0.147. The van der Waals surface area contributed by atoms with Gasteiger partial charge in [-0.2, -0.15) is 0 Å². The summed E-state index contributed by atoms with van der Waals surface area (Å²) < 4.78 is 4.55. The number of ether oxygens (including phenoxy) is 1. The molecule has 0 bridgehead atoms. The van der Waals surface area contributed by atoms with Gasteiger partial charge in [-0.15, -0.1) is 0 Å². The number of rotatable bonds is 6. The standard InChI is InChI=1S/C20H28N2O5/c1-13-4-5-14(2)16(10-13)11-18(24)22-8-6-15(7-9-22)19(25)21-17(12-23)20(26)27-3/h4-5,10,15,17,23H,6-9,11-12H2,1-3H3,(H,21,25)/t17-/m0/s1. The van der Waals surface area contributed by atoms with Crippen molar-refractivity contribution in [1.82, 2.24) is 10.2 Å². The van der Waals surface area contributed by atoms with Crippen LogP contribution in [0, 0.1) is 19.8 Å². The number of nitrogens with zero attached hydrogens (tertiary/aromatic N) is 1. The summed E-state index contributed by atoms with van der Waals surface area (Å²) >= 11 is 0. The summed E-state index contributed by atoms with van der Waals surface area (Å²) in [5, 5.41) is 11.7. The molecule has 0 saturated carbocycles. The molecule has 1 fully saturated rings. The Hall–Kier alpha value is -2.41. The highest BCUT2D eigenvalue weighted by Gasteiger charge is 2.30. The third-order valence-electron chi connectivity index (χ3n) is 5.05. The van der Waals surface area contributed by atoms with Crippen molar-refractivity contribution in [2.24, 2.45) is 5.92 Å². The fraction of sp³-hybridized carbons (Fsp3) is 0.550. The number of likely N-dealkylation sites (tertiary alicyclic amines) is 1. The first-order valence-electron chi connectivity index (χ1n) is 9.18. The third kappa shape index (κ3) is 5.53. The first kappa shape index (κ1) is 20.9. The normalized spacial score (nSPS) is 15.9. The Morgan fingerprint density at radius 1 is 1.26 bits per heavy atom. The van der Waals surface area contributed by atoms with E-state index in [1.165, 1.54) is 7.11 Å². The van der Waals surface area contributed by atoms with E-state index in [-0.39, 0.29) is 17.7 Å². The van der Waals surface area contributed by atoms with Crippen molar-refractivity contribution in [3.63, 3.8) is 0 Å². The number of carbonyl (C=O) groups is 3. The molecule has 7 heteroatoms. The molecule has 2 N–H and O–H groups in total. The van der Waals surface area contributed by atoms with Crippen molar-refractivity contribution in [3.05, 3.63) is 34.9 Å². The summed E-state index contributed by atoms with van der Waals surface area (Å²) in [6, 6.07) is 5.04. The van der Waals surface area contributed by atoms with E-state index in [2.05, 4.69) is 10.1 Å². The number of aryl methyl sites for hydroxylation is 2. The highest BCUT2D eigenvalue weighted by molar-refractivity contribution is 5.86. The summed E-state index contributed by atoms with van der Waals surface area (Å²) in [7, 11) is 1.21. The maximum atomic E-state index is 12.6. The molecule has 1 heterocycles. The number of carbonyl (C=O) groups excluding carboxylic acids is 3. The first-order valence-corrected chi connectivity index (χ1v) is 9.18. The number of methoxy groups -OCH3 is 1. The lowest BCUT2D eigenvalue weighted by Crippen LogP contribution is -2.49. The molecule has 0 aromatic heterocycles. The molecule has 0 unspecified atom stereocenters. The molecule has 148 valence electrons. The summed E-state index contributed by atoms with van der Waals surface area (Å²) in [6.45, 7) is 4.50. The van der Waals surface area contributed by atoms with Gasteiger partial charge in [0.05, 0.1) is 20.1 Å². The van der Waals surface area contributed by atoms with Crippen LogP contribution in [-0.4, -0.2) is 60.6 Å². The number of aliphatic hydroxyl groups excluding tert-OH is 1. The van der Waals surface area contributed by atoms with Crippen molar-refractivity contribution in [3.8, 4) is 0 Å². The van der Waals surface area contributed by atoms with Gasteiger partial charge < -0.3 is 20.1 Å². The Morgan fingerprint density at radius 2 is 1.93 bits per heavy atom. The van der Waals surface area contributed by atoms with Crippen LogP contribution in [0.3, 0.4) is 0 Å². The summed E-state index contributed by atoms with van der Waals surface area (Å²) in [4.78, 5) is 38.2. The van der Waals surface area contributed by atoms with Crippen molar-refractivity contribution < 1.29 is 24.2 Å². The van der Waals surface area contributed by atoms with Gasteiger partial charge >= 0.3 is 5.97 Å². The molecule has 0 aliphatic carbocycles. The molecule has 1 aromatic rings. The average molecular weight is 376 g/mol. The molecular weight excluding hydrogens is 348 g/mol. The molecule has 2 rings (SSSR count). The van der Waals surface area contributed by atoms with Gasteiger partial charge in [0.15, 0.2) is 6.04 Å². The monoisotopic (exact) mass is 376 g/mol. The lowest BCUT2D eigenvalue weighted by Gasteiger charge is -2.32. The summed E-state index contributed by atoms with van der Waals surface area (Å²) in [5.74, 6) is -1.19. The van der Waals surface area contributed by atoms with Crippen molar-refractivity contribution in [2.75, 3.05) is 26.8 Å². The Morgan fingerprint density at radius 3 is 2.52 bits per heavy atom. The highest BCUT2D eigenvalue weighted by Crippen LogP contribution is 2.19. The van der Waals surface area contributed by atoms with Crippen LogP contribution < -0.4 is 5.32 Å². The van der Waals surface area contributed by atoms with Gasteiger partial charge in [0, 0.05) is 19.0 Å². The van der Waals surface area contributed by atoms with Crippen LogP contribution in [-0.2, 0) is 25.5 Å². The van der Waals surface area contributed by atoms with Crippen molar-refractivity contribution >= 4 is 17.8 Å². The minimum atomic E-state index is -1.05. The zero-order valence-corrected chi connectivity index (χ0v) is 16.2. The zero-order chi connectivity index (χ0) is 20.0. The van der Waals surface area contributed by atoms with E-state index in [9.17, 15) is 19.5 Å². The smallest absolute Gasteiger partial charge is 0.330 e. The van der Waals surface area contributed by atoms with E-state index < -0.39 is 18.6 Å². The number of aliphatic hydroxyl groups is 1. The minimum Gasteiger partial charge on any atom is -0.467 e. The maximum absolute atomic E-state index is 12.6. The Balaban J connectivity index is 1.87. The number of piperidine rings is 1. The second kappa shape index (κ2) is 9.50. The SMILES string of the molecule is COC(=O)[C@H](CO)NC(=O)C1CCN(C(=O)Cc2cc(C)ccc2C)CC1. The molecule has 1 aliphatic heterocycles. The van der Waals surface area contributed by atoms with Crippen LogP contribution in [0.25, 0.3) is 0 Å². The number of hydrogen-bond acceptors (Lipinski definition) is 5. The molecule has 1 saturated heterocycles. The van der Waals surface area contributed by atoms with E-state index in [1.54, 1.807) is 4.90 Å². The largest absolute Gasteiger partial charge is 0.467 e. The fourth-order valence-electron chi connectivity index (χ4n) is 3.27. The van der Waals surface area contributed by atoms with E-state index in [1.807, 2.05) is 32.0 Å². The number of esters is 1. The van der Waals surface area contributed by atoms with Gasteiger partial charge in [-0.05, 0) is 37.8 Å². The van der Waals surface area contributed by atoms with Gasteiger partial charge in [0.1, 0.15) is 0 Å². The van der Waals surface area contributed by atoms with Crippen molar-refractivity contribution in [1.29, 1.82) is 0 Å². The van der Waals surface area contributed by atoms with Gasteiger partial charge in [0.2, 0.25) is 11.8 Å². The molecule has 27 heavy (non-hydrogen) atoms. The average Bonchev–Trinajstić information content (AvgIpc) is 2.68. The Kier molecular flexibility index (Phi) is 7.36. The molecule has 1 aromatic carbocycles. The molecule has 2 amide bonds. The quantitative estimate of drug-likeness (QED) is 0.714. The molecular formula is C20H28N2O5. The maximum Gasteiger partial charge on any atom is 0.330 e. The Bertz CT molecular complexity index is 696. The number of hydrogen-bond donors (Lipinski definition) is 2. The minimum absolute atomic E-state index is 0.0605. The predicted octanol–water partition coefficient (Wildman–Crippen LogP) is 0.735. The number of nitrogens with one attached hydrogen (secondary N) is 1. The van der Waals surface area contributed by atoms with E-state index in [0.717, 1.165) is 16.7 Å². The van der Waals surface area contributed by atoms with Gasteiger partial charge in [-0.1, -0.05) is 23.8 Å². The van der Waals surface area contributed by atoms with Crippen LogP contribution in [0.1, 0.15) is 29.5 Å². The third-order valence-corrected chi connectivity index (χ3v) is 5.05. The van der Waals surface area contributed by atoms with Crippen LogP contribution in [0.5, 0.6) is 0 Å². The molecule has 1 atom stereocenters. The number of amides is 2. The number of benzene rings is 1. The van der Waals surface area contributed by atoms with E-state index in [0.29, 0.717) is 32.4 Å². The second-order valence-electron chi connectivity index (χ2n) is 7.03. The van der Waals surface area contributed by atoms with Crippen LogP contribution in [0.15, 0.2) is 18.2 Å². The van der Waals surface area contributed by atoms with Crippen LogP contribution in [0.4, 0.5) is 0 Å². The van der Waals surface area contributed by atoms with E-state index in [4.69, 9.17) is 0 Å². The Labute approximate surface area is 159 Å². The van der Waals surface area contributed by atoms with Gasteiger partial charge in [-0.3, -0.25) is 9.59 Å². The van der Waals surface area contributed by atoms with Gasteiger partial charge in [-0.25, -0.2) is 4.79 Å². The van der Waals surface area contributed by atoms with E-state index >= 15 is 0 Å². The molecule has 1 aliphatic rings. The zero-order valence-electron chi connectivity index (χ0n) is 16.2. The predicted molar refractivity (Wildman–Crippen MR) is 100.0 cm³/mol. The van der Waals surface area contributed by atoms with Crippen LogP contribution >= 0.6 is 0 Å². The molecule has 7 nitrogen and oxygen atoms in total. The highest BCUT2D eigenvalue weighted by atomic mass is 16.5. The lowest BCUT2D eigenvalue weighted by atomic mass is 9.94. The van der Waals surface area contributed by atoms with Crippen LogP contribution in [0.2, 0.25) is 0 Å². The first-order chi connectivity index (χ1) is 12.8. The molecule has 0 spiro atoms.